The van der Waals surface area contributed by atoms with Crippen molar-refractivity contribution in [1.82, 2.24) is 9.80 Å². The maximum absolute atomic E-state index is 14.1. The second-order valence-electron chi connectivity index (χ2n) is 12.7. The van der Waals surface area contributed by atoms with Crippen LogP contribution >= 0.6 is 0 Å². The number of nitrogens with zero attached hydrogens (tertiary/aromatic N) is 3. The van der Waals surface area contributed by atoms with Gasteiger partial charge in [0, 0.05) is 25.7 Å². The minimum Gasteiger partial charge on any atom is -0.505 e. The molecule has 5 N–H and O–H groups in total. The number of piperidine rings is 1. The molecule has 1 aliphatic heterocycles. The van der Waals surface area contributed by atoms with Gasteiger partial charge in [-0.25, -0.2) is 0 Å². The SMILES string of the molecule is CN(C)c1cc(NC(=O)CN2CCCCC2)c(O)c2c1CC1CC3[C@H](N(C)C)C(=O)C(C(N)=O)C(=O)[C@@]3(O)C(=O)C1C2=O. The molecule has 3 fully saturated rings. The first-order chi connectivity index (χ1) is 20.2. The third-order valence-electron chi connectivity index (χ3n) is 9.61. The van der Waals surface area contributed by atoms with Gasteiger partial charge >= 0.3 is 0 Å². The Morgan fingerprint density at radius 1 is 1.07 bits per heavy atom. The molecule has 5 rings (SSSR count). The highest BCUT2D eigenvalue weighted by molar-refractivity contribution is 6.32. The fourth-order valence-electron chi connectivity index (χ4n) is 7.66. The molecule has 2 amide bonds. The average molecular weight is 598 g/mol. The monoisotopic (exact) mass is 597 g/mol. The average Bonchev–Trinajstić information content (AvgIpc) is 2.92. The van der Waals surface area contributed by atoms with Gasteiger partial charge in [0.2, 0.25) is 11.8 Å². The van der Waals surface area contributed by atoms with Crippen LogP contribution < -0.4 is 16.0 Å². The van der Waals surface area contributed by atoms with Gasteiger partial charge in [-0.15, -0.1) is 0 Å². The number of benzene rings is 1. The minimum absolute atomic E-state index is 0.0110. The first kappa shape index (κ1) is 30.8. The number of likely N-dealkylation sites (N-methyl/N-ethyl adjacent to an activating group) is 1. The smallest absolute Gasteiger partial charge is 0.238 e. The molecule has 0 spiro atoms. The highest BCUT2D eigenvalue weighted by Crippen LogP contribution is 2.52. The molecule has 2 saturated carbocycles. The summed E-state index contributed by atoms with van der Waals surface area (Å²) in [5.74, 6) is -11.6. The number of carbonyl (C=O) groups is 6. The van der Waals surface area contributed by atoms with E-state index in [1.807, 2.05) is 4.90 Å². The summed E-state index contributed by atoms with van der Waals surface area (Å²) in [5, 5.41) is 25.8. The number of primary amides is 1. The number of hydrogen-bond donors (Lipinski definition) is 4. The Kier molecular flexibility index (Phi) is 7.95. The van der Waals surface area contributed by atoms with Crippen LogP contribution in [0.4, 0.5) is 11.4 Å². The number of rotatable bonds is 6. The highest BCUT2D eigenvalue weighted by Gasteiger charge is 2.69. The summed E-state index contributed by atoms with van der Waals surface area (Å²) in [7, 11) is 6.58. The van der Waals surface area contributed by atoms with E-state index in [-0.39, 0.29) is 36.5 Å². The lowest BCUT2D eigenvalue weighted by Crippen LogP contribution is -2.74. The number of anilines is 2. The van der Waals surface area contributed by atoms with Crippen molar-refractivity contribution in [3.05, 3.63) is 17.2 Å². The first-order valence-corrected chi connectivity index (χ1v) is 14.6. The van der Waals surface area contributed by atoms with Crippen molar-refractivity contribution in [3.63, 3.8) is 0 Å². The zero-order valence-electron chi connectivity index (χ0n) is 24.9. The number of hydrogen-bond acceptors (Lipinski definition) is 11. The number of phenols is 1. The van der Waals surface area contributed by atoms with Crippen LogP contribution in [0.1, 0.15) is 41.6 Å². The van der Waals surface area contributed by atoms with Crippen LogP contribution in [0.25, 0.3) is 0 Å². The maximum atomic E-state index is 14.1. The Labute approximate surface area is 249 Å². The van der Waals surface area contributed by atoms with E-state index in [2.05, 4.69) is 5.32 Å². The van der Waals surface area contributed by atoms with Crippen LogP contribution in [0.5, 0.6) is 5.75 Å². The maximum Gasteiger partial charge on any atom is 0.238 e. The summed E-state index contributed by atoms with van der Waals surface area (Å²) >= 11 is 0. The number of nitrogens with one attached hydrogen (secondary N) is 1. The lowest BCUT2D eigenvalue weighted by Gasteiger charge is -2.52. The molecule has 1 heterocycles. The minimum atomic E-state index is -2.79. The molecule has 13 heteroatoms. The highest BCUT2D eigenvalue weighted by atomic mass is 16.3. The summed E-state index contributed by atoms with van der Waals surface area (Å²) in [6.07, 6.45) is 3.19. The number of likely N-dealkylation sites (tertiary alicyclic amines) is 1. The quantitative estimate of drug-likeness (QED) is 0.241. The number of phenolic OH excluding ortho intramolecular Hbond substituents is 1. The van der Waals surface area contributed by atoms with Gasteiger partial charge in [-0.3, -0.25) is 38.6 Å². The van der Waals surface area contributed by atoms with E-state index in [1.165, 1.54) is 19.0 Å². The van der Waals surface area contributed by atoms with Gasteiger partial charge in [-0.1, -0.05) is 6.42 Å². The Balaban J connectivity index is 1.55. The number of carbonyl (C=O) groups excluding carboxylic acids is 6. The summed E-state index contributed by atoms with van der Waals surface area (Å²) in [6.45, 7) is 1.69. The van der Waals surface area contributed by atoms with E-state index >= 15 is 0 Å². The van der Waals surface area contributed by atoms with E-state index in [0.717, 1.165) is 32.4 Å². The summed E-state index contributed by atoms with van der Waals surface area (Å²) in [4.78, 5) is 85.2. The lowest BCUT2D eigenvalue weighted by molar-refractivity contribution is -0.181. The Morgan fingerprint density at radius 3 is 2.30 bits per heavy atom. The van der Waals surface area contributed by atoms with Gasteiger partial charge in [0.05, 0.1) is 29.8 Å². The molecule has 3 aliphatic carbocycles. The van der Waals surface area contributed by atoms with Crippen LogP contribution in [0.2, 0.25) is 0 Å². The second-order valence-corrected chi connectivity index (χ2v) is 12.7. The number of aliphatic hydroxyl groups is 1. The van der Waals surface area contributed by atoms with Gasteiger partial charge < -0.3 is 26.2 Å². The van der Waals surface area contributed by atoms with E-state index in [9.17, 15) is 39.0 Å². The van der Waals surface area contributed by atoms with E-state index in [4.69, 9.17) is 5.73 Å². The van der Waals surface area contributed by atoms with Gasteiger partial charge in [-0.05, 0) is 70.4 Å². The fraction of sp³-hybridized carbons (Fsp3) is 0.600. The third-order valence-corrected chi connectivity index (χ3v) is 9.61. The van der Waals surface area contributed by atoms with Crippen molar-refractivity contribution in [1.29, 1.82) is 0 Å². The van der Waals surface area contributed by atoms with Gasteiger partial charge in [0.25, 0.3) is 0 Å². The number of amides is 2. The Bertz CT molecular complexity index is 1420. The topological polar surface area (TPSA) is 191 Å². The molecule has 4 aliphatic rings. The molecule has 13 nitrogen and oxygen atoms in total. The van der Waals surface area contributed by atoms with Crippen LogP contribution in [-0.2, 0) is 30.4 Å². The standard InChI is InChI=1S/C30H39N5O8/c1-33(2)18-12-17(32-19(36)13-35-8-6-5-7-9-35)24(37)21-15(18)10-14-11-16-23(34(3)4)26(39)22(29(31)42)28(41)30(16,43)27(40)20(14)25(21)38/h12,14,16,20,22-23,37,43H,5-11,13H2,1-4H3,(H2,31,42)(H,32,36)/t14?,16?,20?,22?,23-,30-/m0/s1. The number of fused-ring (bicyclic) bond motifs is 3. The summed E-state index contributed by atoms with van der Waals surface area (Å²) < 4.78 is 0. The molecule has 43 heavy (non-hydrogen) atoms. The molecule has 0 aromatic heterocycles. The largest absolute Gasteiger partial charge is 0.505 e. The van der Waals surface area contributed by atoms with Gasteiger partial charge in [-0.2, -0.15) is 0 Å². The van der Waals surface area contributed by atoms with E-state index in [1.54, 1.807) is 25.1 Å². The van der Waals surface area contributed by atoms with Crippen LogP contribution in [0.3, 0.4) is 0 Å². The van der Waals surface area contributed by atoms with Crippen molar-refractivity contribution in [2.24, 2.45) is 29.4 Å². The van der Waals surface area contributed by atoms with Crippen LogP contribution in [-0.4, -0.2) is 114 Å². The van der Waals surface area contributed by atoms with Gasteiger partial charge in [0.15, 0.2) is 34.7 Å². The first-order valence-electron chi connectivity index (χ1n) is 14.6. The molecule has 1 saturated heterocycles. The molecule has 6 atom stereocenters. The molecule has 4 unspecified atom stereocenters. The predicted molar refractivity (Wildman–Crippen MR) is 155 cm³/mol. The normalized spacial score (nSPS) is 30.9. The summed E-state index contributed by atoms with van der Waals surface area (Å²) in [6, 6.07) is 0.422. The zero-order chi connectivity index (χ0) is 31.5. The zero-order valence-corrected chi connectivity index (χ0v) is 24.9. The number of Topliss-reactive ketones (excluding diaryl/α,β-unsaturated/α-hetero) is 4. The molecule has 232 valence electrons. The molecule has 0 bridgehead atoms. The summed E-state index contributed by atoms with van der Waals surface area (Å²) in [5.41, 5.74) is 3.45. The molecule has 1 aromatic rings. The van der Waals surface area contributed by atoms with E-state index < -0.39 is 70.1 Å². The molecule has 1 aromatic carbocycles. The van der Waals surface area contributed by atoms with Crippen molar-refractivity contribution in [2.75, 3.05) is 58.0 Å². The lowest BCUT2D eigenvalue weighted by atomic mass is 9.52. The van der Waals surface area contributed by atoms with Crippen molar-refractivity contribution in [2.45, 2.75) is 43.7 Å². The van der Waals surface area contributed by atoms with Crippen molar-refractivity contribution >= 4 is 46.3 Å². The fourth-order valence-corrected chi connectivity index (χ4v) is 7.66. The van der Waals surface area contributed by atoms with Crippen LogP contribution in [0.15, 0.2) is 6.07 Å². The van der Waals surface area contributed by atoms with Crippen molar-refractivity contribution in [3.8, 4) is 5.75 Å². The second kappa shape index (κ2) is 11.1. The predicted octanol–water partition coefficient (Wildman–Crippen LogP) is -0.643. The van der Waals surface area contributed by atoms with Crippen molar-refractivity contribution < 1.29 is 39.0 Å². The Morgan fingerprint density at radius 2 is 1.72 bits per heavy atom. The molecular formula is C30H39N5O8. The Hall–Kier alpha value is -3.68. The molecule has 0 radical (unpaired) electrons. The van der Waals surface area contributed by atoms with Crippen LogP contribution in [0, 0.1) is 23.7 Å². The van der Waals surface area contributed by atoms with Gasteiger partial charge in [0.1, 0.15) is 5.75 Å². The number of aromatic hydroxyl groups is 1. The number of nitrogens with two attached hydrogens (primary N) is 1. The number of ketones is 4. The third kappa shape index (κ3) is 4.83. The molecular weight excluding hydrogens is 558 g/mol. The van der Waals surface area contributed by atoms with E-state index in [0.29, 0.717) is 11.3 Å².